The summed E-state index contributed by atoms with van der Waals surface area (Å²) in [4.78, 5) is 5.37. The van der Waals surface area contributed by atoms with E-state index in [4.69, 9.17) is 9.40 Å². The first-order chi connectivity index (χ1) is 25.6. The minimum atomic E-state index is -2.09. The van der Waals surface area contributed by atoms with Crippen LogP contribution in [0, 0.1) is 0 Å². The molecule has 0 bridgehead atoms. The van der Waals surface area contributed by atoms with Crippen LogP contribution in [0.2, 0.25) is 0 Å². The van der Waals surface area contributed by atoms with Crippen LogP contribution in [0.1, 0.15) is 0 Å². The van der Waals surface area contributed by atoms with Crippen molar-refractivity contribution in [3.05, 3.63) is 176 Å². The van der Waals surface area contributed by atoms with E-state index in [1.54, 1.807) is 0 Å². The summed E-state index contributed by atoms with van der Waals surface area (Å²) in [5, 5.41) is 12.2. The summed E-state index contributed by atoms with van der Waals surface area (Å²) in [5.74, 6) is 0. The van der Waals surface area contributed by atoms with Crippen LogP contribution < -0.4 is 15.9 Å². The Morgan fingerprint density at radius 2 is 1.12 bits per heavy atom. The third-order valence-corrected chi connectivity index (χ3v) is 17.7. The van der Waals surface area contributed by atoms with Gasteiger partial charge in [0, 0.05) is 10.8 Å². The maximum absolute atomic E-state index is 6.29. The number of hydrogen-bond acceptors (Lipinski definition) is 2. The molecule has 11 aromatic rings. The van der Waals surface area contributed by atoms with Crippen LogP contribution in [0.25, 0.3) is 82.2 Å². The second-order valence-corrected chi connectivity index (χ2v) is 19.7. The fourth-order valence-electron chi connectivity index (χ4n) is 8.16. The van der Waals surface area contributed by atoms with Crippen molar-refractivity contribution in [3.63, 3.8) is 0 Å². The summed E-state index contributed by atoms with van der Waals surface area (Å²) in [5.41, 5.74) is 6.13. The molecule has 0 aliphatic heterocycles. The van der Waals surface area contributed by atoms with Gasteiger partial charge in [-0.25, -0.2) is 0 Å². The molecule has 11 rings (SSSR count). The molecule has 0 saturated carbocycles. The molecule has 0 amide bonds. The molecule has 0 N–H and O–H groups in total. The van der Waals surface area contributed by atoms with Crippen LogP contribution in [0.3, 0.4) is 0 Å². The first-order valence-corrected chi connectivity index (χ1v) is 21.5. The second-order valence-electron chi connectivity index (χ2n) is 13.5. The number of benzene rings is 8. The quantitative estimate of drug-likeness (QED) is 0.102. The Morgan fingerprint density at radius 3 is 1.92 bits per heavy atom. The summed E-state index contributed by atoms with van der Waals surface area (Å²) in [6.45, 7) is 0. The standard InChI is InChI=1S/C47H29N2OPSe/c52-51(33-12-3-1-4-13-33,34-14-5-2-6-15-34)35-22-26-42-40(29-35)39-24-19-30-11-7-8-16-36(30)46(39)47-48-41-25-21-31(27-43(41)49(42)47)32-20-23-38-37-17-9-10-18-44(37)50-45(38)28-32/h1-29H. The molecule has 52 heavy (non-hydrogen) atoms. The van der Waals surface area contributed by atoms with Crippen molar-refractivity contribution in [2.24, 2.45) is 0 Å². The Labute approximate surface area is 307 Å². The molecule has 0 aliphatic carbocycles. The number of rotatable bonds is 4. The van der Waals surface area contributed by atoms with Crippen molar-refractivity contribution in [2.75, 3.05) is 0 Å². The summed E-state index contributed by atoms with van der Waals surface area (Å²) in [6.07, 6.45) is 0. The van der Waals surface area contributed by atoms with Crippen LogP contribution in [0.15, 0.2) is 180 Å². The third kappa shape index (κ3) is 4.33. The molecule has 8 aromatic carbocycles. The van der Waals surface area contributed by atoms with Crippen LogP contribution >= 0.6 is 5.51 Å². The number of nitrogens with zero attached hydrogens (tertiary/aromatic N) is 2. The first-order valence-electron chi connectivity index (χ1n) is 17.5. The fourth-order valence-corrected chi connectivity index (χ4v) is 13.1. The van der Waals surface area contributed by atoms with Crippen LogP contribution in [0.5, 0.6) is 0 Å². The van der Waals surface area contributed by atoms with Crippen molar-refractivity contribution in [2.45, 2.75) is 0 Å². The maximum atomic E-state index is 6.29. The van der Waals surface area contributed by atoms with Crippen molar-refractivity contribution >= 4 is 108 Å². The van der Waals surface area contributed by atoms with Crippen LogP contribution in [-0.4, -0.2) is 24.5 Å². The number of pyridine rings is 1. The zero-order valence-corrected chi connectivity index (χ0v) is 30.5. The Kier molecular flexibility index (Phi) is 6.54. The van der Waals surface area contributed by atoms with Gasteiger partial charge in [-0.15, -0.1) is 0 Å². The first kappa shape index (κ1) is 29.9. The van der Waals surface area contributed by atoms with E-state index in [-0.39, 0.29) is 0 Å². The van der Waals surface area contributed by atoms with Gasteiger partial charge < -0.3 is 4.42 Å². The van der Waals surface area contributed by atoms with Crippen LogP contribution in [0.4, 0.5) is 0 Å². The zero-order valence-electron chi connectivity index (χ0n) is 27.9. The third-order valence-electron chi connectivity index (χ3n) is 10.6. The molecular weight excluding hydrogens is 718 g/mol. The van der Waals surface area contributed by atoms with Gasteiger partial charge in [-0.3, -0.25) is 0 Å². The van der Waals surface area contributed by atoms with Crippen LogP contribution in [-0.2, 0) is 0 Å². The van der Waals surface area contributed by atoms with Crippen molar-refractivity contribution in [3.8, 4) is 11.1 Å². The molecule has 0 spiro atoms. The van der Waals surface area contributed by atoms with E-state index in [9.17, 15) is 0 Å². The van der Waals surface area contributed by atoms with E-state index < -0.39 is 5.51 Å². The van der Waals surface area contributed by atoms with Gasteiger partial charge in [-0.1, -0.05) is 18.2 Å². The molecule has 3 nitrogen and oxygen atoms in total. The minimum absolute atomic E-state index is 0.896. The van der Waals surface area contributed by atoms with Gasteiger partial charge in [0.15, 0.2) is 0 Å². The van der Waals surface area contributed by atoms with E-state index in [0.29, 0.717) is 0 Å². The number of fused-ring (bicyclic) bond motifs is 13. The van der Waals surface area contributed by atoms with Gasteiger partial charge in [-0.05, 0) is 6.07 Å². The second kappa shape index (κ2) is 11.4. The molecule has 0 unspecified atom stereocenters. The van der Waals surface area contributed by atoms with Crippen molar-refractivity contribution in [1.29, 1.82) is 0 Å². The van der Waals surface area contributed by atoms with Crippen molar-refractivity contribution in [1.82, 2.24) is 9.38 Å². The predicted molar refractivity (Wildman–Crippen MR) is 222 cm³/mol. The average molecular weight is 748 g/mol. The van der Waals surface area contributed by atoms with Gasteiger partial charge in [0.05, 0.1) is 0 Å². The van der Waals surface area contributed by atoms with E-state index in [1.165, 1.54) is 42.8 Å². The number of para-hydroxylation sites is 1. The Balaban J connectivity index is 1.22. The SMILES string of the molecule is [Se]=P(c1ccccc1)(c1ccccc1)c1ccc2c(c1)c1ccc3ccccc3c1c1nc3ccc(-c4ccc5c(c4)oc4ccccc45)cc3n21. The molecular formula is C47H29N2OPSe. The fraction of sp³-hybridized carbons (Fsp3) is 0. The molecule has 0 aliphatic rings. The monoisotopic (exact) mass is 748 g/mol. The normalized spacial score (nSPS) is 12.3. The number of furan rings is 1. The van der Waals surface area contributed by atoms with Crippen molar-refractivity contribution < 1.29 is 4.42 Å². The summed E-state index contributed by atoms with van der Waals surface area (Å²) >= 11 is 3.77. The van der Waals surface area contributed by atoms with E-state index >= 15 is 0 Å². The van der Waals surface area contributed by atoms with Gasteiger partial charge in [0.1, 0.15) is 5.58 Å². The topological polar surface area (TPSA) is 30.4 Å². The number of hydrogen-bond donors (Lipinski definition) is 0. The predicted octanol–water partition coefficient (Wildman–Crippen LogP) is 10.9. The van der Waals surface area contributed by atoms with E-state index in [2.05, 4.69) is 183 Å². The Bertz CT molecular complexity index is 3230. The zero-order chi connectivity index (χ0) is 34.4. The molecule has 3 aromatic heterocycles. The van der Waals surface area contributed by atoms with E-state index in [0.717, 1.165) is 55.3 Å². The van der Waals surface area contributed by atoms with Gasteiger partial charge in [0.2, 0.25) is 0 Å². The molecule has 0 atom stereocenters. The summed E-state index contributed by atoms with van der Waals surface area (Å²) in [7, 11) is 0. The van der Waals surface area contributed by atoms with Gasteiger partial charge in [0.25, 0.3) is 0 Å². The molecule has 0 radical (unpaired) electrons. The molecule has 0 fully saturated rings. The number of aromatic nitrogens is 2. The Hall–Kier alpha value is -5.76. The molecule has 5 heteroatoms. The van der Waals surface area contributed by atoms with Gasteiger partial charge >= 0.3 is 263 Å². The van der Waals surface area contributed by atoms with Gasteiger partial charge in [-0.2, -0.15) is 0 Å². The summed E-state index contributed by atoms with van der Waals surface area (Å²) < 4.78 is 8.67. The average Bonchev–Trinajstić information content (AvgIpc) is 3.79. The molecule has 244 valence electrons. The molecule has 0 saturated heterocycles. The number of imidazole rings is 1. The Morgan fingerprint density at radius 1 is 0.462 bits per heavy atom. The van der Waals surface area contributed by atoms with E-state index in [1.807, 2.05) is 12.1 Å². The molecule has 3 heterocycles. The summed E-state index contributed by atoms with van der Waals surface area (Å²) in [6, 6.07) is 63.6.